The zero-order valence-corrected chi connectivity index (χ0v) is 11.5. The Balaban J connectivity index is 2.45. The molecule has 0 spiro atoms. The Morgan fingerprint density at radius 3 is 2.58 bits per heavy atom. The smallest absolute Gasteiger partial charge is 0.126 e. The predicted octanol–water partition coefficient (Wildman–Crippen LogP) is 3.84. The molecular weight excluding hydrogens is 265 g/mol. The maximum absolute atomic E-state index is 13.3. The molecule has 0 saturated carbocycles. The number of halogens is 2. The van der Waals surface area contributed by atoms with E-state index in [9.17, 15) is 4.39 Å². The first-order chi connectivity index (χ1) is 9.02. The van der Waals surface area contributed by atoms with Gasteiger partial charge < -0.3 is 10.5 Å². The summed E-state index contributed by atoms with van der Waals surface area (Å²) in [5, 5.41) is 0.588. The zero-order valence-electron chi connectivity index (χ0n) is 10.8. The van der Waals surface area contributed by atoms with Crippen LogP contribution in [0.2, 0.25) is 5.02 Å². The lowest BCUT2D eigenvalue weighted by Gasteiger charge is -2.17. The van der Waals surface area contributed by atoms with Crippen molar-refractivity contribution in [1.29, 1.82) is 0 Å². The predicted molar refractivity (Wildman–Crippen MR) is 75.2 cm³/mol. The molecule has 0 bridgehead atoms. The average molecular weight is 280 g/mol. The third-order valence-electron chi connectivity index (χ3n) is 3.07. The van der Waals surface area contributed by atoms with E-state index >= 15 is 0 Å². The summed E-state index contributed by atoms with van der Waals surface area (Å²) >= 11 is 5.99. The highest BCUT2D eigenvalue weighted by molar-refractivity contribution is 6.30. The van der Waals surface area contributed by atoms with E-state index in [1.165, 1.54) is 6.07 Å². The first kappa shape index (κ1) is 13.8. The molecule has 0 aromatic heterocycles. The highest BCUT2D eigenvalue weighted by Crippen LogP contribution is 2.31. The van der Waals surface area contributed by atoms with Crippen LogP contribution >= 0.6 is 11.6 Å². The Morgan fingerprint density at radius 2 is 1.95 bits per heavy atom. The van der Waals surface area contributed by atoms with Gasteiger partial charge in [-0.2, -0.15) is 0 Å². The standard InChI is InChI=1S/C15H15ClFNO/c1-9-7-10(3-5-13(9)17)15(18)12-8-11(16)4-6-14(12)19-2/h3-8,15H,18H2,1-2H3. The topological polar surface area (TPSA) is 35.2 Å². The number of hydrogen-bond acceptors (Lipinski definition) is 2. The lowest BCUT2D eigenvalue weighted by molar-refractivity contribution is 0.408. The molecule has 2 N–H and O–H groups in total. The minimum absolute atomic E-state index is 0.242. The SMILES string of the molecule is COc1ccc(Cl)cc1C(N)c1ccc(F)c(C)c1. The van der Waals surface area contributed by atoms with Crippen molar-refractivity contribution in [2.45, 2.75) is 13.0 Å². The average Bonchev–Trinajstić information content (AvgIpc) is 2.41. The van der Waals surface area contributed by atoms with Gasteiger partial charge in [0.1, 0.15) is 11.6 Å². The molecule has 2 nitrogen and oxygen atoms in total. The fourth-order valence-electron chi connectivity index (χ4n) is 1.99. The number of methoxy groups -OCH3 is 1. The summed E-state index contributed by atoms with van der Waals surface area (Å²) in [6.45, 7) is 1.71. The second-order valence-corrected chi connectivity index (χ2v) is 4.81. The third kappa shape index (κ3) is 2.88. The molecule has 0 saturated heterocycles. The molecule has 0 aliphatic rings. The van der Waals surface area contributed by atoms with Gasteiger partial charge >= 0.3 is 0 Å². The van der Waals surface area contributed by atoms with E-state index < -0.39 is 6.04 Å². The first-order valence-corrected chi connectivity index (χ1v) is 6.26. The summed E-state index contributed by atoms with van der Waals surface area (Å²) in [4.78, 5) is 0. The van der Waals surface area contributed by atoms with E-state index in [2.05, 4.69) is 0 Å². The van der Waals surface area contributed by atoms with Crippen molar-refractivity contribution < 1.29 is 9.13 Å². The van der Waals surface area contributed by atoms with E-state index in [0.717, 1.165) is 11.1 Å². The Kier molecular flexibility index (Phi) is 4.08. The Labute approximate surface area is 117 Å². The van der Waals surface area contributed by atoms with E-state index in [4.69, 9.17) is 22.1 Å². The van der Waals surface area contributed by atoms with Crippen molar-refractivity contribution in [2.24, 2.45) is 5.73 Å². The minimum Gasteiger partial charge on any atom is -0.496 e. The Morgan fingerprint density at radius 1 is 1.21 bits per heavy atom. The number of ether oxygens (including phenoxy) is 1. The number of rotatable bonds is 3. The monoisotopic (exact) mass is 279 g/mol. The van der Waals surface area contributed by atoms with Crippen molar-refractivity contribution in [3.8, 4) is 5.75 Å². The van der Waals surface area contributed by atoms with Crippen molar-refractivity contribution in [3.63, 3.8) is 0 Å². The van der Waals surface area contributed by atoms with Crippen LogP contribution in [0, 0.1) is 12.7 Å². The third-order valence-corrected chi connectivity index (χ3v) is 3.30. The maximum Gasteiger partial charge on any atom is 0.126 e. The quantitative estimate of drug-likeness (QED) is 0.926. The zero-order chi connectivity index (χ0) is 14.0. The fourth-order valence-corrected chi connectivity index (χ4v) is 2.17. The van der Waals surface area contributed by atoms with E-state index in [1.54, 1.807) is 44.4 Å². The lowest BCUT2D eigenvalue weighted by atomic mass is 9.97. The molecule has 0 fully saturated rings. The van der Waals surface area contributed by atoms with Crippen LogP contribution < -0.4 is 10.5 Å². The van der Waals surface area contributed by atoms with Gasteiger partial charge in [0.05, 0.1) is 13.2 Å². The Bertz CT molecular complexity index is 601. The summed E-state index contributed by atoms with van der Waals surface area (Å²) in [5.74, 6) is 0.424. The van der Waals surface area contributed by atoms with E-state index in [0.29, 0.717) is 16.3 Å². The number of benzene rings is 2. The van der Waals surface area contributed by atoms with Gasteiger partial charge in [-0.25, -0.2) is 4.39 Å². The molecule has 100 valence electrons. The van der Waals surface area contributed by atoms with Crippen LogP contribution in [0.5, 0.6) is 5.75 Å². The van der Waals surface area contributed by atoms with Gasteiger partial charge in [0, 0.05) is 10.6 Å². The van der Waals surface area contributed by atoms with Gasteiger partial charge in [-0.3, -0.25) is 0 Å². The minimum atomic E-state index is -0.409. The number of hydrogen-bond donors (Lipinski definition) is 1. The van der Waals surface area contributed by atoms with Crippen LogP contribution in [0.1, 0.15) is 22.7 Å². The molecule has 19 heavy (non-hydrogen) atoms. The summed E-state index contributed by atoms with van der Waals surface area (Å²) in [7, 11) is 1.58. The lowest BCUT2D eigenvalue weighted by Crippen LogP contribution is -2.13. The first-order valence-electron chi connectivity index (χ1n) is 5.88. The molecule has 2 aromatic rings. The van der Waals surface area contributed by atoms with Crippen molar-refractivity contribution >= 4 is 11.6 Å². The van der Waals surface area contributed by atoms with E-state index in [1.807, 2.05) is 0 Å². The normalized spacial score (nSPS) is 12.3. The molecule has 0 aliphatic heterocycles. The molecule has 2 rings (SSSR count). The fraction of sp³-hybridized carbons (Fsp3) is 0.200. The second-order valence-electron chi connectivity index (χ2n) is 4.37. The summed E-state index contributed by atoms with van der Waals surface area (Å²) in [6.07, 6.45) is 0. The van der Waals surface area contributed by atoms with Crippen LogP contribution in [0.3, 0.4) is 0 Å². The second kappa shape index (κ2) is 5.59. The molecule has 1 unspecified atom stereocenters. The molecule has 0 radical (unpaired) electrons. The molecule has 0 amide bonds. The van der Waals surface area contributed by atoms with Gasteiger partial charge in [0.25, 0.3) is 0 Å². The van der Waals surface area contributed by atoms with Crippen LogP contribution in [0.25, 0.3) is 0 Å². The van der Waals surface area contributed by atoms with Gasteiger partial charge in [0.15, 0.2) is 0 Å². The summed E-state index contributed by atoms with van der Waals surface area (Å²) in [6, 6.07) is 9.70. The van der Waals surface area contributed by atoms with E-state index in [-0.39, 0.29) is 5.82 Å². The van der Waals surface area contributed by atoms with Crippen molar-refractivity contribution in [3.05, 3.63) is 63.9 Å². The molecule has 1 atom stereocenters. The molecule has 0 heterocycles. The number of nitrogens with two attached hydrogens (primary N) is 1. The summed E-state index contributed by atoms with van der Waals surface area (Å²) < 4.78 is 18.6. The van der Waals surface area contributed by atoms with Crippen molar-refractivity contribution in [1.82, 2.24) is 0 Å². The Hall–Kier alpha value is -1.58. The summed E-state index contributed by atoms with van der Waals surface area (Å²) in [5.41, 5.74) is 8.38. The van der Waals surface area contributed by atoms with Crippen LogP contribution in [0.4, 0.5) is 4.39 Å². The number of aryl methyl sites for hydroxylation is 1. The van der Waals surface area contributed by atoms with Crippen LogP contribution in [0.15, 0.2) is 36.4 Å². The van der Waals surface area contributed by atoms with Gasteiger partial charge in [0.2, 0.25) is 0 Å². The highest BCUT2D eigenvalue weighted by Gasteiger charge is 2.15. The molecule has 4 heteroatoms. The van der Waals surface area contributed by atoms with Crippen LogP contribution in [-0.2, 0) is 0 Å². The van der Waals surface area contributed by atoms with Crippen LogP contribution in [-0.4, -0.2) is 7.11 Å². The van der Waals surface area contributed by atoms with Gasteiger partial charge in [-0.1, -0.05) is 23.7 Å². The molecular formula is C15H15ClFNO. The molecule has 0 aliphatic carbocycles. The largest absolute Gasteiger partial charge is 0.496 e. The van der Waals surface area contributed by atoms with Crippen molar-refractivity contribution in [2.75, 3.05) is 7.11 Å². The van der Waals surface area contributed by atoms with Gasteiger partial charge in [-0.05, 0) is 42.3 Å². The highest BCUT2D eigenvalue weighted by atomic mass is 35.5. The van der Waals surface area contributed by atoms with Gasteiger partial charge in [-0.15, -0.1) is 0 Å². The maximum atomic E-state index is 13.3. The molecule has 2 aromatic carbocycles.